The van der Waals surface area contributed by atoms with E-state index in [1.807, 2.05) is 0 Å². The van der Waals surface area contributed by atoms with Crippen molar-refractivity contribution in [3.8, 4) is 0 Å². The van der Waals surface area contributed by atoms with Gasteiger partial charge in [-0.2, -0.15) is 0 Å². The van der Waals surface area contributed by atoms with E-state index in [1.54, 1.807) is 5.57 Å². The number of allylic oxidation sites excluding steroid dienone is 1. The van der Waals surface area contributed by atoms with Gasteiger partial charge in [0, 0.05) is 6.42 Å². The van der Waals surface area contributed by atoms with Gasteiger partial charge >= 0.3 is 0 Å². The van der Waals surface area contributed by atoms with Gasteiger partial charge in [-0.05, 0) is 91.3 Å². The molecular formula is C28H46O2. The lowest BCUT2D eigenvalue weighted by molar-refractivity contribution is -0.136. The molecule has 4 aliphatic rings. The second kappa shape index (κ2) is 8.62. The van der Waals surface area contributed by atoms with Gasteiger partial charge in [0.15, 0.2) is 0 Å². The molecular weight excluding hydrogens is 368 g/mol. The maximum atomic E-state index is 10.8. The zero-order valence-electron chi connectivity index (χ0n) is 20.3. The second-order valence-electron chi connectivity index (χ2n) is 12.4. The Morgan fingerprint density at radius 1 is 1.07 bits per heavy atom. The van der Waals surface area contributed by atoms with E-state index in [4.69, 9.17) is 4.74 Å². The first-order chi connectivity index (χ1) is 14.3. The van der Waals surface area contributed by atoms with E-state index in [0.717, 1.165) is 48.3 Å². The predicted octanol–water partition coefficient (Wildman–Crippen LogP) is 7.57. The topological polar surface area (TPSA) is 26.3 Å². The van der Waals surface area contributed by atoms with Gasteiger partial charge < -0.3 is 4.74 Å². The van der Waals surface area contributed by atoms with E-state index in [1.165, 1.54) is 57.8 Å². The van der Waals surface area contributed by atoms with Gasteiger partial charge in [0.2, 0.25) is 0 Å². The van der Waals surface area contributed by atoms with Crippen LogP contribution in [0.25, 0.3) is 0 Å². The normalized spacial score (nSPS) is 43.9. The lowest BCUT2D eigenvalue weighted by Gasteiger charge is -2.58. The molecule has 0 saturated heterocycles. The maximum Gasteiger partial charge on any atom is 0.293 e. The summed E-state index contributed by atoms with van der Waals surface area (Å²) in [6.45, 7) is 13.2. The molecule has 170 valence electrons. The maximum absolute atomic E-state index is 10.8. The Labute approximate surface area is 185 Å². The highest BCUT2D eigenvalue weighted by molar-refractivity contribution is 5.38. The highest BCUT2D eigenvalue weighted by Crippen LogP contribution is 2.67. The van der Waals surface area contributed by atoms with Crippen LogP contribution in [0, 0.1) is 46.3 Å². The fourth-order valence-corrected chi connectivity index (χ4v) is 8.85. The molecule has 0 spiro atoms. The molecule has 0 aliphatic heterocycles. The first-order valence-electron chi connectivity index (χ1n) is 13.1. The van der Waals surface area contributed by atoms with E-state index in [9.17, 15) is 4.79 Å². The first kappa shape index (κ1) is 22.4. The summed E-state index contributed by atoms with van der Waals surface area (Å²) in [7, 11) is 0. The van der Waals surface area contributed by atoms with Crippen molar-refractivity contribution >= 4 is 6.47 Å². The van der Waals surface area contributed by atoms with E-state index in [0.29, 0.717) is 17.3 Å². The molecule has 0 bridgehead atoms. The van der Waals surface area contributed by atoms with Gasteiger partial charge in [-0.1, -0.05) is 65.5 Å². The standard InChI is InChI=1S/C28H46O2/c1-19(2)7-6-8-20(3)24-11-12-25-23-10-9-21-17-22(30-18-29)13-15-27(21,4)26(23)14-16-28(24,25)5/h9,18-20,22-26H,6-8,10-17H2,1-5H3/t20-,22?,23?,24?,25?,26?,27-,28+/m0/s1. The van der Waals surface area contributed by atoms with Crippen LogP contribution >= 0.6 is 0 Å². The monoisotopic (exact) mass is 414 g/mol. The van der Waals surface area contributed by atoms with Crippen molar-refractivity contribution in [3.63, 3.8) is 0 Å². The van der Waals surface area contributed by atoms with Crippen LogP contribution in [0.2, 0.25) is 0 Å². The van der Waals surface area contributed by atoms with Crippen LogP contribution < -0.4 is 0 Å². The molecule has 0 aromatic rings. The highest BCUT2D eigenvalue weighted by atomic mass is 16.5. The molecule has 0 heterocycles. The largest absolute Gasteiger partial charge is 0.464 e. The summed E-state index contributed by atoms with van der Waals surface area (Å²) >= 11 is 0. The lowest BCUT2D eigenvalue weighted by atomic mass is 9.47. The lowest BCUT2D eigenvalue weighted by Crippen LogP contribution is -2.51. The molecule has 2 heteroatoms. The van der Waals surface area contributed by atoms with Crippen molar-refractivity contribution in [1.82, 2.24) is 0 Å². The molecule has 0 radical (unpaired) electrons. The van der Waals surface area contributed by atoms with Crippen molar-refractivity contribution < 1.29 is 9.53 Å². The number of hydrogen-bond acceptors (Lipinski definition) is 2. The molecule has 5 unspecified atom stereocenters. The Morgan fingerprint density at radius 2 is 1.87 bits per heavy atom. The predicted molar refractivity (Wildman–Crippen MR) is 124 cm³/mol. The van der Waals surface area contributed by atoms with Gasteiger partial charge in [0.1, 0.15) is 6.10 Å². The number of rotatable bonds is 7. The van der Waals surface area contributed by atoms with Crippen LogP contribution in [0.5, 0.6) is 0 Å². The molecule has 8 atom stereocenters. The van der Waals surface area contributed by atoms with Crippen LogP contribution in [-0.2, 0) is 9.53 Å². The number of carbonyl (C=O) groups excluding carboxylic acids is 1. The summed E-state index contributed by atoms with van der Waals surface area (Å²) < 4.78 is 5.36. The molecule has 0 aromatic heterocycles. The zero-order chi connectivity index (χ0) is 21.5. The molecule has 4 rings (SSSR count). The van der Waals surface area contributed by atoms with Crippen molar-refractivity contribution in [1.29, 1.82) is 0 Å². The van der Waals surface area contributed by atoms with E-state index < -0.39 is 0 Å². The quantitative estimate of drug-likeness (QED) is 0.317. The van der Waals surface area contributed by atoms with Gasteiger partial charge in [-0.3, -0.25) is 4.79 Å². The third-order valence-corrected chi connectivity index (χ3v) is 10.5. The molecule has 2 nitrogen and oxygen atoms in total. The average molecular weight is 415 g/mol. The Balaban J connectivity index is 1.47. The molecule has 30 heavy (non-hydrogen) atoms. The Bertz CT molecular complexity index is 651. The molecule has 3 saturated carbocycles. The molecule has 0 aromatic carbocycles. The summed E-state index contributed by atoms with van der Waals surface area (Å²) in [6.07, 6.45) is 17.2. The summed E-state index contributed by atoms with van der Waals surface area (Å²) in [6, 6.07) is 0. The summed E-state index contributed by atoms with van der Waals surface area (Å²) in [5, 5.41) is 0. The van der Waals surface area contributed by atoms with Crippen LogP contribution in [0.1, 0.15) is 105 Å². The minimum atomic E-state index is 0.120. The van der Waals surface area contributed by atoms with Crippen molar-refractivity contribution in [2.75, 3.05) is 0 Å². The third-order valence-electron chi connectivity index (χ3n) is 10.5. The van der Waals surface area contributed by atoms with Crippen molar-refractivity contribution in [2.45, 2.75) is 111 Å². The van der Waals surface area contributed by atoms with Crippen molar-refractivity contribution in [2.24, 2.45) is 46.3 Å². The van der Waals surface area contributed by atoms with Gasteiger partial charge in [-0.25, -0.2) is 0 Å². The van der Waals surface area contributed by atoms with Crippen LogP contribution in [0.3, 0.4) is 0 Å². The Hall–Kier alpha value is -0.790. The van der Waals surface area contributed by atoms with E-state index >= 15 is 0 Å². The number of fused-ring (bicyclic) bond motifs is 5. The molecule has 4 aliphatic carbocycles. The third kappa shape index (κ3) is 3.79. The van der Waals surface area contributed by atoms with Gasteiger partial charge in [0.05, 0.1) is 0 Å². The minimum Gasteiger partial charge on any atom is -0.464 e. The highest BCUT2D eigenvalue weighted by Gasteiger charge is 2.59. The van der Waals surface area contributed by atoms with Crippen LogP contribution in [-0.4, -0.2) is 12.6 Å². The van der Waals surface area contributed by atoms with Crippen molar-refractivity contribution in [3.05, 3.63) is 11.6 Å². The van der Waals surface area contributed by atoms with E-state index in [-0.39, 0.29) is 6.10 Å². The second-order valence-corrected chi connectivity index (χ2v) is 12.4. The first-order valence-corrected chi connectivity index (χ1v) is 13.1. The number of carbonyl (C=O) groups is 1. The fourth-order valence-electron chi connectivity index (χ4n) is 8.85. The average Bonchev–Trinajstić information content (AvgIpc) is 3.05. The van der Waals surface area contributed by atoms with Gasteiger partial charge in [-0.15, -0.1) is 0 Å². The number of hydrogen-bond donors (Lipinski definition) is 0. The zero-order valence-corrected chi connectivity index (χ0v) is 20.3. The smallest absolute Gasteiger partial charge is 0.293 e. The molecule has 3 fully saturated rings. The fraction of sp³-hybridized carbons (Fsp3) is 0.893. The van der Waals surface area contributed by atoms with E-state index in [2.05, 4.69) is 40.7 Å². The SMILES string of the molecule is CC(C)CCC[C@H](C)C1CCC2C3CC=C4CC(OC=O)CC[C@]4(C)C3CC[C@@]21C. The molecule has 0 N–H and O–H groups in total. The van der Waals surface area contributed by atoms with Gasteiger partial charge in [0.25, 0.3) is 6.47 Å². The van der Waals surface area contributed by atoms with Crippen LogP contribution in [0.15, 0.2) is 11.6 Å². The molecule has 0 amide bonds. The minimum absolute atomic E-state index is 0.120. The summed E-state index contributed by atoms with van der Waals surface area (Å²) in [4.78, 5) is 10.8. The number of ether oxygens (including phenoxy) is 1. The Morgan fingerprint density at radius 3 is 2.60 bits per heavy atom. The summed E-state index contributed by atoms with van der Waals surface area (Å²) in [5.74, 6) is 5.32. The summed E-state index contributed by atoms with van der Waals surface area (Å²) in [5.41, 5.74) is 2.54. The Kier molecular flexibility index (Phi) is 6.44. The van der Waals surface area contributed by atoms with Crippen LogP contribution in [0.4, 0.5) is 0 Å².